The third kappa shape index (κ3) is 3.61. The molecule has 1 aromatic carbocycles. The molecule has 1 heterocycles. The molecule has 1 aromatic rings. The van der Waals surface area contributed by atoms with Gasteiger partial charge in [-0.3, -0.25) is 4.90 Å². The molecule has 0 bridgehead atoms. The van der Waals surface area contributed by atoms with Crippen LogP contribution >= 0.6 is 11.6 Å². The van der Waals surface area contributed by atoms with Crippen LogP contribution in [0.1, 0.15) is 31.4 Å². The molecule has 2 rings (SSSR count). The van der Waals surface area contributed by atoms with E-state index in [1.165, 1.54) is 25.9 Å². The summed E-state index contributed by atoms with van der Waals surface area (Å²) in [4.78, 5) is 2.43. The first kappa shape index (κ1) is 13.7. The minimum atomic E-state index is -0.0644. The molecule has 0 aliphatic carbocycles. The van der Waals surface area contributed by atoms with E-state index in [-0.39, 0.29) is 6.04 Å². The van der Waals surface area contributed by atoms with Crippen molar-refractivity contribution in [1.29, 1.82) is 0 Å². The van der Waals surface area contributed by atoms with Crippen molar-refractivity contribution < 1.29 is 4.74 Å². The molecule has 1 saturated heterocycles. The number of benzene rings is 1. The van der Waals surface area contributed by atoms with Crippen molar-refractivity contribution >= 4 is 11.6 Å². The Morgan fingerprint density at radius 3 is 2.78 bits per heavy atom. The van der Waals surface area contributed by atoms with E-state index >= 15 is 0 Å². The summed E-state index contributed by atoms with van der Waals surface area (Å²) >= 11 is 5.98. The quantitative estimate of drug-likeness (QED) is 0.892. The molecule has 0 saturated carbocycles. The van der Waals surface area contributed by atoms with Gasteiger partial charge in [0.25, 0.3) is 0 Å². The minimum Gasteiger partial charge on any atom is -0.492 e. The standard InChI is InChI=1S/C14H21ClN2O/c1-11(16)13-10-12(15)4-5-14(13)18-9-8-17-6-2-3-7-17/h4-5,10-11H,2-3,6-9,16H2,1H3. The third-order valence-electron chi connectivity index (χ3n) is 3.33. The number of nitrogens with two attached hydrogens (primary N) is 1. The zero-order chi connectivity index (χ0) is 13.0. The Labute approximate surface area is 114 Å². The van der Waals surface area contributed by atoms with Gasteiger partial charge in [-0.2, -0.15) is 0 Å². The molecule has 2 N–H and O–H groups in total. The lowest BCUT2D eigenvalue weighted by atomic mass is 10.1. The molecular weight excluding hydrogens is 248 g/mol. The van der Waals surface area contributed by atoms with Crippen molar-refractivity contribution in [3.05, 3.63) is 28.8 Å². The first-order chi connectivity index (χ1) is 8.66. The van der Waals surface area contributed by atoms with Crippen LogP contribution in [0.25, 0.3) is 0 Å². The Balaban J connectivity index is 1.91. The van der Waals surface area contributed by atoms with E-state index in [1.54, 1.807) is 0 Å². The van der Waals surface area contributed by atoms with Gasteiger partial charge in [-0.05, 0) is 51.1 Å². The van der Waals surface area contributed by atoms with Crippen molar-refractivity contribution in [3.63, 3.8) is 0 Å². The number of rotatable bonds is 5. The number of hydrogen-bond donors (Lipinski definition) is 1. The fraction of sp³-hybridized carbons (Fsp3) is 0.571. The maximum atomic E-state index is 5.98. The van der Waals surface area contributed by atoms with Gasteiger partial charge in [0.2, 0.25) is 0 Å². The van der Waals surface area contributed by atoms with E-state index in [2.05, 4.69) is 4.90 Å². The number of hydrogen-bond acceptors (Lipinski definition) is 3. The average Bonchev–Trinajstić information content (AvgIpc) is 2.84. The second-order valence-electron chi connectivity index (χ2n) is 4.87. The Hall–Kier alpha value is -0.770. The lowest BCUT2D eigenvalue weighted by molar-refractivity contribution is 0.236. The predicted octanol–water partition coefficient (Wildman–Crippen LogP) is 2.83. The molecule has 1 unspecified atom stereocenters. The summed E-state index contributed by atoms with van der Waals surface area (Å²) in [6, 6.07) is 5.58. The predicted molar refractivity (Wildman–Crippen MR) is 75.2 cm³/mol. The lowest BCUT2D eigenvalue weighted by Crippen LogP contribution is -2.25. The Bertz CT molecular complexity index is 389. The summed E-state index contributed by atoms with van der Waals surface area (Å²) in [7, 11) is 0. The number of halogens is 1. The van der Waals surface area contributed by atoms with Gasteiger partial charge in [0, 0.05) is 23.2 Å². The third-order valence-corrected chi connectivity index (χ3v) is 3.56. The maximum absolute atomic E-state index is 5.98. The van der Waals surface area contributed by atoms with E-state index in [4.69, 9.17) is 22.1 Å². The van der Waals surface area contributed by atoms with Gasteiger partial charge in [-0.15, -0.1) is 0 Å². The summed E-state index contributed by atoms with van der Waals surface area (Å²) in [6.07, 6.45) is 2.62. The second-order valence-corrected chi connectivity index (χ2v) is 5.30. The molecule has 1 aliphatic heterocycles. The van der Waals surface area contributed by atoms with E-state index in [0.29, 0.717) is 11.6 Å². The van der Waals surface area contributed by atoms with Gasteiger partial charge in [-0.1, -0.05) is 11.6 Å². The van der Waals surface area contributed by atoms with Crippen LogP contribution in [0.4, 0.5) is 0 Å². The SMILES string of the molecule is CC(N)c1cc(Cl)ccc1OCCN1CCCC1. The van der Waals surface area contributed by atoms with Gasteiger partial charge in [0.1, 0.15) is 12.4 Å². The van der Waals surface area contributed by atoms with Crippen molar-refractivity contribution in [2.45, 2.75) is 25.8 Å². The van der Waals surface area contributed by atoms with Crippen LogP contribution < -0.4 is 10.5 Å². The van der Waals surface area contributed by atoms with Crippen LogP contribution in [-0.2, 0) is 0 Å². The fourth-order valence-corrected chi connectivity index (χ4v) is 2.48. The highest BCUT2D eigenvalue weighted by molar-refractivity contribution is 6.30. The minimum absolute atomic E-state index is 0.0644. The molecule has 1 aliphatic rings. The smallest absolute Gasteiger partial charge is 0.124 e. The second kappa shape index (κ2) is 6.41. The zero-order valence-corrected chi connectivity index (χ0v) is 11.6. The molecule has 4 heteroatoms. The molecule has 18 heavy (non-hydrogen) atoms. The van der Waals surface area contributed by atoms with Crippen LogP contribution in [0.15, 0.2) is 18.2 Å². The molecule has 1 fully saturated rings. The molecule has 3 nitrogen and oxygen atoms in total. The maximum Gasteiger partial charge on any atom is 0.124 e. The largest absolute Gasteiger partial charge is 0.492 e. The van der Waals surface area contributed by atoms with Crippen molar-refractivity contribution in [2.24, 2.45) is 5.73 Å². The molecule has 1 atom stereocenters. The van der Waals surface area contributed by atoms with E-state index in [9.17, 15) is 0 Å². The molecule has 0 amide bonds. The molecule has 100 valence electrons. The van der Waals surface area contributed by atoms with Gasteiger partial charge in [-0.25, -0.2) is 0 Å². The van der Waals surface area contributed by atoms with Gasteiger partial charge < -0.3 is 10.5 Å². The number of likely N-dealkylation sites (tertiary alicyclic amines) is 1. The van der Waals surface area contributed by atoms with Crippen molar-refractivity contribution in [3.8, 4) is 5.75 Å². The highest BCUT2D eigenvalue weighted by atomic mass is 35.5. The van der Waals surface area contributed by atoms with Crippen molar-refractivity contribution in [1.82, 2.24) is 4.90 Å². The van der Waals surface area contributed by atoms with Crippen LogP contribution in [0, 0.1) is 0 Å². The Morgan fingerprint density at radius 2 is 2.11 bits per heavy atom. The van der Waals surface area contributed by atoms with Crippen LogP contribution in [0.5, 0.6) is 5.75 Å². The summed E-state index contributed by atoms with van der Waals surface area (Å²) in [5.74, 6) is 0.855. The number of ether oxygens (including phenoxy) is 1. The summed E-state index contributed by atoms with van der Waals surface area (Å²) in [6.45, 7) is 6.04. The van der Waals surface area contributed by atoms with Gasteiger partial charge in [0.05, 0.1) is 0 Å². The average molecular weight is 269 g/mol. The summed E-state index contributed by atoms with van der Waals surface area (Å²) < 4.78 is 5.84. The Kier molecular flexibility index (Phi) is 4.87. The summed E-state index contributed by atoms with van der Waals surface area (Å²) in [5, 5.41) is 0.703. The normalized spacial score (nSPS) is 17.9. The highest BCUT2D eigenvalue weighted by Gasteiger charge is 2.12. The van der Waals surface area contributed by atoms with Crippen molar-refractivity contribution in [2.75, 3.05) is 26.2 Å². The van der Waals surface area contributed by atoms with E-state index < -0.39 is 0 Å². The number of nitrogens with zero attached hydrogens (tertiary/aromatic N) is 1. The lowest BCUT2D eigenvalue weighted by Gasteiger charge is -2.17. The first-order valence-corrected chi connectivity index (χ1v) is 6.95. The van der Waals surface area contributed by atoms with Crippen LogP contribution in [0.3, 0.4) is 0 Å². The topological polar surface area (TPSA) is 38.5 Å². The Morgan fingerprint density at radius 1 is 1.39 bits per heavy atom. The van der Waals surface area contributed by atoms with E-state index in [1.807, 2.05) is 25.1 Å². The van der Waals surface area contributed by atoms with Gasteiger partial charge >= 0.3 is 0 Å². The highest BCUT2D eigenvalue weighted by Crippen LogP contribution is 2.27. The van der Waals surface area contributed by atoms with E-state index in [0.717, 1.165) is 17.9 Å². The fourth-order valence-electron chi connectivity index (χ4n) is 2.30. The zero-order valence-electron chi connectivity index (χ0n) is 10.9. The first-order valence-electron chi connectivity index (χ1n) is 6.57. The molecule has 0 spiro atoms. The van der Waals surface area contributed by atoms with Crippen LogP contribution in [0.2, 0.25) is 5.02 Å². The molecule has 0 aromatic heterocycles. The van der Waals surface area contributed by atoms with Crippen LogP contribution in [-0.4, -0.2) is 31.1 Å². The monoisotopic (exact) mass is 268 g/mol. The summed E-state index contributed by atoms with van der Waals surface area (Å²) in [5.41, 5.74) is 6.90. The molecular formula is C14H21ClN2O. The van der Waals surface area contributed by atoms with Gasteiger partial charge in [0.15, 0.2) is 0 Å². The molecule has 0 radical (unpaired) electrons.